The number of rotatable bonds is 4. The largest absolute Gasteiger partial charge is 0.459 e. The number of esters is 1. The van der Waals surface area contributed by atoms with E-state index in [1.54, 1.807) is 27.7 Å². The van der Waals surface area contributed by atoms with Gasteiger partial charge in [0, 0.05) is 0 Å². The van der Waals surface area contributed by atoms with Crippen molar-refractivity contribution in [2.75, 3.05) is 0 Å². The summed E-state index contributed by atoms with van der Waals surface area (Å²) in [5.74, 6) is -1.36. The van der Waals surface area contributed by atoms with E-state index in [1.807, 2.05) is 0 Å². The van der Waals surface area contributed by atoms with E-state index in [-0.39, 0.29) is 4.90 Å². The van der Waals surface area contributed by atoms with Crippen LogP contribution in [0.25, 0.3) is 0 Å². The maximum atomic E-state index is 13.2. The minimum Gasteiger partial charge on any atom is -0.459 e. The van der Waals surface area contributed by atoms with Gasteiger partial charge in [-0.15, -0.1) is 0 Å². The molecule has 1 aromatic carbocycles. The molecule has 7 heteroatoms. The van der Waals surface area contributed by atoms with Crippen LogP contribution in [0.1, 0.15) is 33.3 Å². The highest BCUT2D eigenvalue weighted by Gasteiger charge is 2.27. The number of aryl methyl sites for hydroxylation is 1. The average Bonchev–Trinajstić information content (AvgIpc) is 2.29. The Labute approximate surface area is 124 Å². The third-order valence-corrected chi connectivity index (χ3v) is 4.21. The monoisotopic (exact) mass is 317 g/mol. The van der Waals surface area contributed by atoms with Crippen molar-refractivity contribution in [3.05, 3.63) is 29.6 Å². The fraction of sp³-hybridized carbons (Fsp3) is 0.500. The van der Waals surface area contributed by atoms with E-state index in [0.717, 1.165) is 6.07 Å². The lowest BCUT2D eigenvalue weighted by molar-refractivity contribution is -0.156. The Morgan fingerprint density at radius 3 is 2.43 bits per heavy atom. The van der Waals surface area contributed by atoms with Gasteiger partial charge in [-0.3, -0.25) is 4.79 Å². The molecule has 118 valence electrons. The Balaban J connectivity index is 2.95. The molecule has 21 heavy (non-hydrogen) atoms. The second-order valence-electron chi connectivity index (χ2n) is 5.79. The van der Waals surface area contributed by atoms with Crippen molar-refractivity contribution < 1.29 is 22.3 Å². The van der Waals surface area contributed by atoms with Crippen LogP contribution in [0.15, 0.2) is 23.1 Å². The molecule has 0 amide bonds. The topological polar surface area (TPSA) is 72.5 Å². The van der Waals surface area contributed by atoms with Crippen molar-refractivity contribution in [2.24, 2.45) is 0 Å². The highest BCUT2D eigenvalue weighted by Crippen LogP contribution is 2.17. The zero-order chi connectivity index (χ0) is 16.4. The first-order chi connectivity index (χ1) is 9.42. The summed E-state index contributed by atoms with van der Waals surface area (Å²) in [5, 5.41) is 0. The number of nitrogens with one attached hydrogen (secondary N) is 1. The maximum Gasteiger partial charge on any atom is 0.324 e. The van der Waals surface area contributed by atoms with Gasteiger partial charge in [-0.05, 0) is 52.3 Å². The van der Waals surface area contributed by atoms with Gasteiger partial charge in [-0.25, -0.2) is 12.8 Å². The van der Waals surface area contributed by atoms with E-state index in [9.17, 15) is 17.6 Å². The normalized spacial score (nSPS) is 13.8. The first-order valence-electron chi connectivity index (χ1n) is 6.44. The van der Waals surface area contributed by atoms with Gasteiger partial charge in [0.25, 0.3) is 0 Å². The van der Waals surface area contributed by atoms with Crippen LogP contribution in [-0.2, 0) is 19.6 Å². The molecule has 0 radical (unpaired) electrons. The molecule has 1 atom stereocenters. The SMILES string of the molecule is Cc1ccc(F)cc1S(=O)(=O)N[C@@H](C)C(=O)OC(C)(C)C. The molecule has 0 aliphatic rings. The van der Waals surface area contributed by atoms with Crippen LogP contribution in [0.5, 0.6) is 0 Å². The van der Waals surface area contributed by atoms with Gasteiger partial charge >= 0.3 is 5.97 Å². The average molecular weight is 317 g/mol. The van der Waals surface area contributed by atoms with Crippen LogP contribution in [0.4, 0.5) is 4.39 Å². The van der Waals surface area contributed by atoms with E-state index < -0.39 is 33.5 Å². The minimum absolute atomic E-state index is 0.196. The van der Waals surface area contributed by atoms with E-state index in [2.05, 4.69) is 4.72 Å². The van der Waals surface area contributed by atoms with Gasteiger partial charge in [0.2, 0.25) is 10.0 Å². The lowest BCUT2D eigenvalue weighted by atomic mass is 10.2. The first-order valence-corrected chi connectivity index (χ1v) is 7.92. The number of sulfonamides is 1. The van der Waals surface area contributed by atoms with E-state index >= 15 is 0 Å². The van der Waals surface area contributed by atoms with Crippen molar-refractivity contribution in [2.45, 2.75) is 51.2 Å². The highest BCUT2D eigenvalue weighted by atomic mass is 32.2. The standard InChI is InChI=1S/C14H20FNO4S/c1-9-6-7-11(15)8-12(9)21(18,19)16-10(2)13(17)20-14(3,4)5/h6-8,10,16H,1-5H3/t10-/m0/s1. The van der Waals surface area contributed by atoms with Gasteiger partial charge in [-0.1, -0.05) is 6.07 Å². The van der Waals surface area contributed by atoms with Crippen LogP contribution in [0.2, 0.25) is 0 Å². The Morgan fingerprint density at radius 1 is 1.33 bits per heavy atom. The van der Waals surface area contributed by atoms with Crippen LogP contribution >= 0.6 is 0 Å². The lowest BCUT2D eigenvalue weighted by Crippen LogP contribution is -2.42. The predicted molar refractivity (Wildman–Crippen MR) is 76.8 cm³/mol. The number of carbonyl (C=O) groups excluding carboxylic acids is 1. The second-order valence-corrected chi connectivity index (χ2v) is 7.47. The van der Waals surface area contributed by atoms with E-state index in [4.69, 9.17) is 4.74 Å². The van der Waals surface area contributed by atoms with Gasteiger partial charge in [0.15, 0.2) is 0 Å². The Hall–Kier alpha value is -1.47. The van der Waals surface area contributed by atoms with Crippen LogP contribution in [0, 0.1) is 12.7 Å². The van der Waals surface area contributed by atoms with Crippen molar-refractivity contribution >= 4 is 16.0 Å². The fourth-order valence-corrected chi connectivity index (χ4v) is 3.05. The quantitative estimate of drug-likeness (QED) is 0.864. The van der Waals surface area contributed by atoms with Gasteiger partial charge < -0.3 is 4.74 Å². The van der Waals surface area contributed by atoms with E-state index in [0.29, 0.717) is 5.56 Å². The van der Waals surface area contributed by atoms with Crippen LogP contribution in [0.3, 0.4) is 0 Å². The molecule has 0 unspecified atom stereocenters. The number of hydrogen-bond donors (Lipinski definition) is 1. The number of benzene rings is 1. The lowest BCUT2D eigenvalue weighted by Gasteiger charge is -2.22. The van der Waals surface area contributed by atoms with Crippen molar-refractivity contribution in [3.8, 4) is 0 Å². The molecular weight excluding hydrogens is 297 g/mol. The van der Waals surface area contributed by atoms with Crippen LogP contribution in [-0.4, -0.2) is 26.0 Å². The van der Waals surface area contributed by atoms with Crippen molar-refractivity contribution in [1.82, 2.24) is 4.72 Å². The molecule has 0 aliphatic carbocycles. The summed E-state index contributed by atoms with van der Waals surface area (Å²) in [4.78, 5) is 11.6. The molecule has 0 bridgehead atoms. The maximum absolute atomic E-state index is 13.2. The molecule has 1 N–H and O–H groups in total. The molecule has 0 aromatic heterocycles. The molecular formula is C14H20FNO4S. The summed E-state index contributed by atoms with van der Waals surface area (Å²) in [6, 6.07) is 2.38. The van der Waals surface area contributed by atoms with Crippen molar-refractivity contribution in [1.29, 1.82) is 0 Å². The van der Waals surface area contributed by atoms with Gasteiger partial charge in [0.05, 0.1) is 4.90 Å². The zero-order valence-electron chi connectivity index (χ0n) is 12.7. The summed E-state index contributed by atoms with van der Waals surface area (Å²) >= 11 is 0. The minimum atomic E-state index is -4.00. The Bertz CT molecular complexity index is 635. The summed E-state index contributed by atoms with van der Waals surface area (Å²) in [6.07, 6.45) is 0. The predicted octanol–water partition coefficient (Wildman–Crippen LogP) is 2.14. The summed E-state index contributed by atoms with van der Waals surface area (Å²) in [5.41, 5.74) is -0.328. The molecule has 0 heterocycles. The summed E-state index contributed by atoms with van der Waals surface area (Å²) in [6.45, 7) is 7.97. The molecule has 0 saturated carbocycles. The second kappa shape index (κ2) is 6.11. The van der Waals surface area contributed by atoms with E-state index in [1.165, 1.54) is 19.1 Å². The van der Waals surface area contributed by atoms with Gasteiger partial charge in [-0.2, -0.15) is 4.72 Å². The summed E-state index contributed by atoms with van der Waals surface area (Å²) < 4.78 is 44.9. The molecule has 5 nitrogen and oxygen atoms in total. The molecule has 1 rings (SSSR count). The third-order valence-electron chi connectivity index (χ3n) is 2.53. The fourth-order valence-electron chi connectivity index (χ4n) is 1.60. The van der Waals surface area contributed by atoms with Gasteiger partial charge in [0.1, 0.15) is 17.5 Å². The number of ether oxygens (including phenoxy) is 1. The molecule has 1 aromatic rings. The Morgan fingerprint density at radius 2 is 1.90 bits per heavy atom. The van der Waals surface area contributed by atoms with Crippen molar-refractivity contribution in [3.63, 3.8) is 0 Å². The highest BCUT2D eigenvalue weighted by molar-refractivity contribution is 7.89. The number of hydrogen-bond acceptors (Lipinski definition) is 4. The zero-order valence-corrected chi connectivity index (χ0v) is 13.5. The first kappa shape index (κ1) is 17.6. The molecule has 0 spiro atoms. The Kier molecular flexibility index (Phi) is 5.11. The molecule has 0 saturated heterocycles. The third kappa shape index (κ3) is 5.09. The number of halogens is 1. The van der Waals surface area contributed by atoms with Crippen LogP contribution < -0.4 is 4.72 Å². The number of carbonyl (C=O) groups is 1. The summed E-state index contributed by atoms with van der Waals surface area (Å²) in [7, 11) is -4.00. The smallest absolute Gasteiger partial charge is 0.324 e. The molecule has 0 aliphatic heterocycles. The molecule has 0 fully saturated rings.